The van der Waals surface area contributed by atoms with E-state index in [0.717, 1.165) is 16.7 Å². The Hall–Kier alpha value is -2.17. The van der Waals surface area contributed by atoms with Crippen molar-refractivity contribution < 1.29 is 14.6 Å². The Bertz CT molecular complexity index is 652. The van der Waals surface area contributed by atoms with Crippen LogP contribution < -0.4 is 5.32 Å². The Kier molecular flexibility index (Phi) is 6.97. The lowest BCUT2D eigenvalue weighted by Crippen LogP contribution is -2.31. The number of aliphatic hydroxyl groups is 1. The highest BCUT2D eigenvalue weighted by molar-refractivity contribution is 5.78. The smallest absolute Gasteiger partial charge is 0.224 e. The van der Waals surface area contributed by atoms with Crippen molar-refractivity contribution in [2.45, 2.75) is 26.4 Å². The van der Waals surface area contributed by atoms with Crippen LogP contribution in [0.2, 0.25) is 0 Å². The fourth-order valence-electron chi connectivity index (χ4n) is 2.53. The zero-order valence-corrected chi connectivity index (χ0v) is 14.3. The van der Waals surface area contributed by atoms with E-state index in [9.17, 15) is 4.79 Å². The van der Waals surface area contributed by atoms with Crippen molar-refractivity contribution in [1.29, 1.82) is 0 Å². The van der Waals surface area contributed by atoms with E-state index < -0.39 is 0 Å². The average molecular weight is 327 g/mol. The lowest BCUT2D eigenvalue weighted by atomic mass is 10.1. The van der Waals surface area contributed by atoms with Gasteiger partial charge in [0.15, 0.2) is 0 Å². The molecule has 0 aliphatic rings. The van der Waals surface area contributed by atoms with Crippen molar-refractivity contribution >= 4 is 5.91 Å². The predicted molar refractivity (Wildman–Crippen MR) is 94.9 cm³/mol. The van der Waals surface area contributed by atoms with Gasteiger partial charge in [0.2, 0.25) is 5.91 Å². The van der Waals surface area contributed by atoms with E-state index in [1.165, 1.54) is 5.56 Å². The summed E-state index contributed by atoms with van der Waals surface area (Å²) in [6.07, 6.45) is 0.0849. The molecular formula is C20H25NO3. The van der Waals surface area contributed by atoms with Gasteiger partial charge in [-0.2, -0.15) is 0 Å². The second-order valence-electron chi connectivity index (χ2n) is 5.96. The Balaban J connectivity index is 1.94. The lowest BCUT2D eigenvalue weighted by molar-refractivity contribution is -0.121. The molecule has 4 heteroatoms. The summed E-state index contributed by atoms with van der Waals surface area (Å²) in [7, 11) is 0. The largest absolute Gasteiger partial charge is 0.394 e. The maximum atomic E-state index is 12.2. The van der Waals surface area contributed by atoms with E-state index >= 15 is 0 Å². The molecule has 2 rings (SSSR count). The molecule has 0 spiro atoms. The van der Waals surface area contributed by atoms with Gasteiger partial charge in [-0.25, -0.2) is 0 Å². The van der Waals surface area contributed by atoms with E-state index in [1.807, 2.05) is 62.4 Å². The van der Waals surface area contributed by atoms with E-state index in [4.69, 9.17) is 9.84 Å². The minimum atomic E-state index is -0.265. The number of rotatable bonds is 8. The van der Waals surface area contributed by atoms with Crippen LogP contribution in [0.5, 0.6) is 0 Å². The molecule has 2 N–H and O–H groups in total. The van der Waals surface area contributed by atoms with Gasteiger partial charge in [0.1, 0.15) is 0 Å². The summed E-state index contributed by atoms with van der Waals surface area (Å²) in [6.45, 7) is 4.62. The van der Waals surface area contributed by atoms with Gasteiger partial charge < -0.3 is 15.2 Å². The molecule has 0 saturated heterocycles. The molecule has 1 atom stereocenters. The van der Waals surface area contributed by atoms with Crippen LogP contribution in [0, 0.1) is 13.8 Å². The molecule has 0 radical (unpaired) electrons. The average Bonchev–Trinajstić information content (AvgIpc) is 2.56. The van der Waals surface area contributed by atoms with Crippen LogP contribution in [-0.2, 0) is 16.0 Å². The summed E-state index contributed by atoms with van der Waals surface area (Å²) >= 11 is 0. The van der Waals surface area contributed by atoms with Crippen LogP contribution in [0.25, 0.3) is 0 Å². The van der Waals surface area contributed by atoms with Crippen LogP contribution in [0.1, 0.15) is 28.4 Å². The highest BCUT2D eigenvalue weighted by atomic mass is 16.5. The number of hydrogen-bond donors (Lipinski definition) is 2. The molecule has 2 aromatic carbocycles. The van der Waals surface area contributed by atoms with Gasteiger partial charge in [-0.1, -0.05) is 59.7 Å². The van der Waals surface area contributed by atoms with Gasteiger partial charge in [0, 0.05) is 6.54 Å². The summed E-state index contributed by atoms with van der Waals surface area (Å²) in [4.78, 5) is 12.2. The Morgan fingerprint density at radius 2 is 1.88 bits per heavy atom. The van der Waals surface area contributed by atoms with Crippen LogP contribution in [-0.4, -0.2) is 30.8 Å². The van der Waals surface area contributed by atoms with Crippen LogP contribution in [0.3, 0.4) is 0 Å². The van der Waals surface area contributed by atoms with Crippen molar-refractivity contribution in [3.63, 3.8) is 0 Å². The van der Waals surface area contributed by atoms with Crippen LogP contribution in [0.15, 0.2) is 48.5 Å². The third kappa shape index (κ3) is 5.80. The molecule has 0 saturated carbocycles. The predicted octanol–water partition coefficient (Wildman–Crippen LogP) is 2.71. The number of amides is 1. The number of hydrogen-bond acceptors (Lipinski definition) is 3. The Morgan fingerprint density at radius 1 is 1.12 bits per heavy atom. The summed E-state index contributed by atoms with van der Waals surface area (Å²) < 4.78 is 5.67. The maximum absolute atomic E-state index is 12.2. The van der Waals surface area contributed by atoms with Gasteiger partial charge in [-0.05, 0) is 25.0 Å². The van der Waals surface area contributed by atoms with Gasteiger partial charge in [-0.3, -0.25) is 4.79 Å². The summed E-state index contributed by atoms with van der Waals surface area (Å²) in [5, 5.41) is 11.9. The van der Waals surface area contributed by atoms with Crippen LogP contribution >= 0.6 is 0 Å². The highest BCUT2D eigenvalue weighted by Crippen LogP contribution is 2.17. The number of ether oxygens (including phenoxy) is 1. The van der Waals surface area contributed by atoms with Gasteiger partial charge in [0.05, 0.1) is 25.7 Å². The number of benzene rings is 2. The fourth-order valence-corrected chi connectivity index (χ4v) is 2.53. The van der Waals surface area contributed by atoms with Gasteiger partial charge in [-0.15, -0.1) is 0 Å². The SMILES string of the molecule is Cc1ccc(C(CNC(=O)Cc2cccc(C)c2)OCCO)cc1. The van der Waals surface area contributed by atoms with E-state index in [0.29, 0.717) is 13.0 Å². The van der Waals surface area contributed by atoms with Gasteiger partial charge in [0.25, 0.3) is 0 Å². The van der Waals surface area contributed by atoms with E-state index in [1.54, 1.807) is 0 Å². The molecule has 0 heterocycles. The van der Waals surface area contributed by atoms with Crippen molar-refractivity contribution in [2.75, 3.05) is 19.8 Å². The number of carbonyl (C=O) groups excluding carboxylic acids is 1. The van der Waals surface area contributed by atoms with E-state index in [-0.39, 0.29) is 25.2 Å². The standard InChI is InChI=1S/C20H25NO3/c1-15-6-8-18(9-7-15)19(24-11-10-22)14-21-20(23)13-17-5-3-4-16(2)12-17/h3-9,12,19,22H,10-11,13-14H2,1-2H3,(H,21,23). The summed E-state index contributed by atoms with van der Waals surface area (Å²) in [5.41, 5.74) is 4.30. The van der Waals surface area contributed by atoms with Crippen molar-refractivity contribution in [3.05, 3.63) is 70.8 Å². The number of nitrogens with one attached hydrogen (secondary N) is 1. The first-order chi connectivity index (χ1) is 11.6. The Labute approximate surface area is 143 Å². The molecule has 24 heavy (non-hydrogen) atoms. The number of aryl methyl sites for hydroxylation is 2. The molecule has 0 aliphatic heterocycles. The molecule has 4 nitrogen and oxygen atoms in total. The maximum Gasteiger partial charge on any atom is 0.224 e. The normalized spacial score (nSPS) is 12.0. The summed E-state index contributed by atoms with van der Waals surface area (Å²) in [5.74, 6) is -0.0367. The molecule has 2 aromatic rings. The molecule has 0 aliphatic carbocycles. The first-order valence-corrected chi connectivity index (χ1v) is 8.20. The lowest BCUT2D eigenvalue weighted by Gasteiger charge is -2.19. The van der Waals surface area contributed by atoms with E-state index in [2.05, 4.69) is 5.32 Å². The minimum Gasteiger partial charge on any atom is -0.394 e. The van der Waals surface area contributed by atoms with Crippen molar-refractivity contribution in [1.82, 2.24) is 5.32 Å². The second kappa shape index (κ2) is 9.21. The van der Waals surface area contributed by atoms with Crippen molar-refractivity contribution in [3.8, 4) is 0 Å². The quantitative estimate of drug-likeness (QED) is 0.784. The highest BCUT2D eigenvalue weighted by Gasteiger charge is 2.13. The third-order valence-electron chi connectivity index (χ3n) is 3.79. The monoisotopic (exact) mass is 327 g/mol. The fraction of sp³-hybridized carbons (Fsp3) is 0.350. The number of carbonyl (C=O) groups is 1. The minimum absolute atomic E-state index is 0.0367. The molecular weight excluding hydrogens is 302 g/mol. The zero-order valence-electron chi connectivity index (χ0n) is 14.3. The Morgan fingerprint density at radius 3 is 2.54 bits per heavy atom. The molecule has 128 valence electrons. The molecule has 0 bridgehead atoms. The van der Waals surface area contributed by atoms with Crippen LogP contribution in [0.4, 0.5) is 0 Å². The molecule has 1 amide bonds. The van der Waals surface area contributed by atoms with Gasteiger partial charge >= 0.3 is 0 Å². The molecule has 0 fully saturated rings. The second-order valence-corrected chi connectivity index (χ2v) is 5.96. The third-order valence-corrected chi connectivity index (χ3v) is 3.79. The zero-order chi connectivity index (χ0) is 17.4. The topological polar surface area (TPSA) is 58.6 Å². The first kappa shape index (κ1) is 18.2. The molecule has 1 unspecified atom stereocenters. The number of aliphatic hydroxyl groups excluding tert-OH is 1. The van der Waals surface area contributed by atoms with Crippen molar-refractivity contribution in [2.24, 2.45) is 0 Å². The summed E-state index contributed by atoms with van der Waals surface area (Å²) in [6, 6.07) is 15.9. The first-order valence-electron chi connectivity index (χ1n) is 8.20. The molecule has 0 aromatic heterocycles.